The van der Waals surface area contributed by atoms with Crippen molar-refractivity contribution in [3.05, 3.63) is 18.7 Å². The monoisotopic (exact) mass is 305 g/mol. The van der Waals surface area contributed by atoms with Gasteiger partial charge in [0.1, 0.15) is 6.33 Å². The van der Waals surface area contributed by atoms with Gasteiger partial charge in [-0.05, 0) is 6.92 Å². The molecule has 0 spiro atoms. The van der Waals surface area contributed by atoms with E-state index in [0.717, 1.165) is 18.2 Å². The number of hydrogen-bond donors (Lipinski definition) is 1. The highest BCUT2D eigenvalue weighted by Gasteiger charge is 2.27. The minimum Gasteiger partial charge on any atom is -0.357 e. The predicted octanol–water partition coefficient (Wildman–Crippen LogP) is 1.43. The zero-order chi connectivity index (χ0) is 14.8. The van der Waals surface area contributed by atoms with Crippen LogP contribution in [0.25, 0.3) is 5.95 Å². The molecule has 0 aromatic carbocycles. The summed E-state index contributed by atoms with van der Waals surface area (Å²) >= 11 is 1.99. The summed E-state index contributed by atoms with van der Waals surface area (Å²) in [6.45, 7) is 5.42. The molecule has 0 aliphatic carbocycles. The number of imidazole rings is 1. The van der Waals surface area contributed by atoms with Crippen LogP contribution in [0.5, 0.6) is 0 Å². The summed E-state index contributed by atoms with van der Waals surface area (Å²) in [7, 11) is 1.81. The lowest BCUT2D eigenvalue weighted by atomic mass is 10.2. The summed E-state index contributed by atoms with van der Waals surface area (Å²) in [5.41, 5.74) is 0. The number of nitrogens with zero attached hydrogens (tertiary/aromatic N) is 6. The van der Waals surface area contributed by atoms with Gasteiger partial charge in [0.25, 0.3) is 0 Å². The zero-order valence-corrected chi connectivity index (χ0v) is 13.2. The van der Waals surface area contributed by atoms with Gasteiger partial charge in [-0.15, -0.1) is 0 Å². The number of rotatable bonds is 3. The fraction of sp³-hybridized carbons (Fsp3) is 0.538. The van der Waals surface area contributed by atoms with Crippen molar-refractivity contribution in [2.24, 2.45) is 0 Å². The Hall–Kier alpha value is -1.83. The SMILES string of the molecule is CNc1nc(N2CCSC(C)C2C)nc(-n2ccnc2)n1. The van der Waals surface area contributed by atoms with E-state index in [4.69, 9.17) is 0 Å². The first-order valence-electron chi connectivity index (χ1n) is 6.99. The number of hydrogen-bond acceptors (Lipinski definition) is 7. The van der Waals surface area contributed by atoms with Crippen LogP contribution in [0.4, 0.5) is 11.9 Å². The summed E-state index contributed by atoms with van der Waals surface area (Å²) in [5.74, 6) is 2.96. The van der Waals surface area contributed by atoms with Gasteiger partial charge in [0.15, 0.2) is 0 Å². The van der Waals surface area contributed by atoms with Crippen LogP contribution in [0, 0.1) is 0 Å². The van der Waals surface area contributed by atoms with E-state index in [0.29, 0.717) is 23.2 Å². The second-order valence-electron chi connectivity index (χ2n) is 4.99. The van der Waals surface area contributed by atoms with Gasteiger partial charge in [-0.1, -0.05) is 6.92 Å². The molecule has 2 aromatic rings. The molecule has 112 valence electrons. The third-order valence-electron chi connectivity index (χ3n) is 3.71. The summed E-state index contributed by atoms with van der Waals surface area (Å²) in [6, 6.07) is 0.395. The lowest BCUT2D eigenvalue weighted by Crippen LogP contribution is -2.45. The van der Waals surface area contributed by atoms with Crippen LogP contribution >= 0.6 is 11.8 Å². The van der Waals surface area contributed by atoms with Crippen LogP contribution in [0.3, 0.4) is 0 Å². The number of nitrogens with one attached hydrogen (secondary N) is 1. The molecule has 0 radical (unpaired) electrons. The molecular formula is C13H19N7S. The van der Waals surface area contributed by atoms with Crippen LogP contribution in [0.1, 0.15) is 13.8 Å². The molecule has 0 saturated carbocycles. The lowest BCUT2D eigenvalue weighted by Gasteiger charge is -2.37. The fourth-order valence-corrected chi connectivity index (χ4v) is 3.40. The van der Waals surface area contributed by atoms with E-state index < -0.39 is 0 Å². The van der Waals surface area contributed by atoms with Gasteiger partial charge < -0.3 is 10.2 Å². The van der Waals surface area contributed by atoms with E-state index >= 15 is 0 Å². The third kappa shape index (κ3) is 2.80. The molecule has 0 amide bonds. The summed E-state index contributed by atoms with van der Waals surface area (Å²) in [6.07, 6.45) is 5.23. The van der Waals surface area contributed by atoms with Crippen molar-refractivity contribution in [1.29, 1.82) is 0 Å². The second-order valence-corrected chi connectivity index (χ2v) is 6.47. The fourth-order valence-electron chi connectivity index (χ4n) is 2.30. The van der Waals surface area contributed by atoms with Gasteiger partial charge in [-0.25, -0.2) is 4.98 Å². The molecule has 2 atom stereocenters. The van der Waals surface area contributed by atoms with Gasteiger partial charge in [0.05, 0.1) is 0 Å². The Labute approximate surface area is 128 Å². The van der Waals surface area contributed by atoms with Crippen molar-refractivity contribution in [3.63, 3.8) is 0 Å². The molecule has 3 rings (SSSR count). The van der Waals surface area contributed by atoms with Crippen molar-refractivity contribution in [1.82, 2.24) is 24.5 Å². The van der Waals surface area contributed by atoms with E-state index in [9.17, 15) is 0 Å². The number of anilines is 2. The molecule has 2 aromatic heterocycles. The summed E-state index contributed by atoms with van der Waals surface area (Å²) < 4.78 is 1.79. The molecule has 8 heteroatoms. The second kappa shape index (κ2) is 5.88. The van der Waals surface area contributed by atoms with E-state index in [1.807, 2.05) is 25.0 Å². The first-order valence-corrected chi connectivity index (χ1v) is 8.04. The average molecular weight is 305 g/mol. The zero-order valence-electron chi connectivity index (χ0n) is 12.4. The Balaban J connectivity index is 1.99. The van der Waals surface area contributed by atoms with E-state index in [2.05, 4.69) is 44.0 Å². The Morgan fingerprint density at radius 2 is 2.05 bits per heavy atom. The van der Waals surface area contributed by atoms with Crippen molar-refractivity contribution in [3.8, 4) is 5.95 Å². The quantitative estimate of drug-likeness (QED) is 0.919. The molecule has 1 fully saturated rings. The highest BCUT2D eigenvalue weighted by atomic mass is 32.2. The van der Waals surface area contributed by atoms with E-state index in [-0.39, 0.29) is 0 Å². The van der Waals surface area contributed by atoms with Gasteiger partial charge in [0.2, 0.25) is 17.8 Å². The van der Waals surface area contributed by atoms with Gasteiger partial charge in [-0.2, -0.15) is 26.7 Å². The minimum absolute atomic E-state index is 0.395. The molecule has 0 bridgehead atoms. The van der Waals surface area contributed by atoms with E-state index in [1.165, 1.54) is 0 Å². The smallest absolute Gasteiger partial charge is 0.241 e. The molecule has 1 aliphatic heterocycles. The predicted molar refractivity (Wildman–Crippen MR) is 85.2 cm³/mol. The van der Waals surface area contributed by atoms with Crippen LogP contribution < -0.4 is 10.2 Å². The standard InChI is InChI=1S/C13H19N7S/c1-9-10(2)21-7-6-20(9)13-17-11(14-3)16-12(18-13)19-5-4-15-8-19/h4-5,8-10H,6-7H2,1-3H3,(H,14,16,17,18). The van der Waals surface area contributed by atoms with Crippen LogP contribution in [-0.2, 0) is 0 Å². The lowest BCUT2D eigenvalue weighted by molar-refractivity contribution is 0.609. The normalized spacial score (nSPS) is 22.3. The molecule has 21 heavy (non-hydrogen) atoms. The first kappa shape index (κ1) is 14.1. The Morgan fingerprint density at radius 1 is 1.24 bits per heavy atom. The first-order chi connectivity index (χ1) is 10.2. The molecule has 1 saturated heterocycles. The Kier molecular flexibility index (Phi) is 3.96. The Bertz CT molecular complexity index is 601. The maximum atomic E-state index is 4.61. The highest BCUT2D eigenvalue weighted by Crippen LogP contribution is 2.27. The van der Waals surface area contributed by atoms with Gasteiger partial charge in [0, 0.05) is 43.0 Å². The molecule has 1 aliphatic rings. The number of aromatic nitrogens is 5. The minimum atomic E-state index is 0.395. The van der Waals surface area contributed by atoms with Gasteiger partial charge in [-0.3, -0.25) is 4.57 Å². The third-order valence-corrected chi connectivity index (χ3v) is 5.05. The van der Waals surface area contributed by atoms with Crippen LogP contribution in [-0.4, -0.2) is 55.1 Å². The van der Waals surface area contributed by atoms with E-state index in [1.54, 1.807) is 17.1 Å². The van der Waals surface area contributed by atoms with Crippen molar-refractivity contribution in [2.75, 3.05) is 29.6 Å². The summed E-state index contributed by atoms with van der Waals surface area (Å²) in [4.78, 5) is 19.8. The van der Waals surface area contributed by atoms with Crippen molar-refractivity contribution >= 4 is 23.7 Å². The molecule has 2 unspecified atom stereocenters. The Morgan fingerprint density at radius 3 is 2.76 bits per heavy atom. The van der Waals surface area contributed by atoms with Crippen LogP contribution in [0.2, 0.25) is 0 Å². The molecular weight excluding hydrogens is 286 g/mol. The van der Waals surface area contributed by atoms with Crippen LogP contribution in [0.15, 0.2) is 18.7 Å². The number of thioether (sulfide) groups is 1. The molecule has 7 nitrogen and oxygen atoms in total. The van der Waals surface area contributed by atoms with Crippen molar-refractivity contribution < 1.29 is 0 Å². The maximum absolute atomic E-state index is 4.61. The van der Waals surface area contributed by atoms with Crippen molar-refractivity contribution in [2.45, 2.75) is 25.1 Å². The average Bonchev–Trinajstić information content (AvgIpc) is 3.04. The maximum Gasteiger partial charge on any atom is 0.241 e. The molecule has 1 N–H and O–H groups in total. The van der Waals surface area contributed by atoms with Gasteiger partial charge >= 0.3 is 0 Å². The topological polar surface area (TPSA) is 71.8 Å². The molecule has 3 heterocycles. The summed E-state index contributed by atoms with van der Waals surface area (Å²) in [5, 5.41) is 3.57. The largest absolute Gasteiger partial charge is 0.357 e. The highest BCUT2D eigenvalue weighted by molar-refractivity contribution is 8.00.